The van der Waals surface area contributed by atoms with Gasteiger partial charge in [-0.1, -0.05) is 12.2 Å². The predicted octanol–water partition coefficient (Wildman–Crippen LogP) is 2.76. The Morgan fingerprint density at radius 3 is 2.46 bits per heavy atom. The Hall–Kier alpha value is -1.44. The van der Waals surface area contributed by atoms with Crippen LogP contribution in [-0.4, -0.2) is 9.97 Å². The lowest BCUT2D eigenvalue weighted by molar-refractivity contribution is 1.09. The minimum atomic E-state index is 0.919. The molecular formula is C11H14N2. The molecule has 0 saturated heterocycles. The fraction of sp³-hybridized carbons (Fsp3) is 0.273. The molecule has 1 aromatic rings. The molecule has 0 aliphatic heterocycles. The van der Waals surface area contributed by atoms with Crippen molar-refractivity contribution in [1.29, 1.82) is 0 Å². The third kappa shape index (κ3) is 2.51. The highest BCUT2D eigenvalue weighted by Crippen LogP contribution is 2.11. The van der Waals surface area contributed by atoms with Crippen molar-refractivity contribution in [3.63, 3.8) is 0 Å². The Labute approximate surface area is 79.0 Å². The molecule has 0 radical (unpaired) electrons. The molecule has 0 aromatic carbocycles. The van der Waals surface area contributed by atoms with E-state index in [0.717, 1.165) is 22.5 Å². The van der Waals surface area contributed by atoms with Crippen LogP contribution in [0.1, 0.15) is 25.2 Å². The molecule has 0 spiro atoms. The van der Waals surface area contributed by atoms with E-state index in [1.807, 2.05) is 26.8 Å². The normalized spacial score (nSPS) is 11.5. The number of hydrogen-bond donors (Lipinski definition) is 0. The third-order valence-corrected chi connectivity index (χ3v) is 1.95. The second-order valence-electron chi connectivity index (χ2n) is 3.13. The first kappa shape index (κ1) is 9.65. The lowest BCUT2D eigenvalue weighted by atomic mass is 10.1. The van der Waals surface area contributed by atoms with Gasteiger partial charge in [0.05, 0.1) is 11.4 Å². The Morgan fingerprint density at radius 2 is 1.92 bits per heavy atom. The molecule has 0 bridgehead atoms. The molecule has 0 aliphatic carbocycles. The summed E-state index contributed by atoms with van der Waals surface area (Å²) in [5.41, 5.74) is 4.07. The molecular weight excluding hydrogens is 160 g/mol. The van der Waals surface area contributed by atoms with Crippen molar-refractivity contribution in [3.05, 3.63) is 41.5 Å². The highest BCUT2D eigenvalue weighted by molar-refractivity contribution is 5.55. The van der Waals surface area contributed by atoms with Gasteiger partial charge in [-0.15, -0.1) is 0 Å². The van der Waals surface area contributed by atoms with Gasteiger partial charge in [-0.2, -0.15) is 0 Å². The Morgan fingerprint density at radius 1 is 1.31 bits per heavy atom. The van der Waals surface area contributed by atoms with E-state index in [9.17, 15) is 0 Å². The van der Waals surface area contributed by atoms with Gasteiger partial charge in [-0.3, -0.25) is 9.97 Å². The molecule has 0 N–H and O–H groups in total. The molecule has 68 valence electrons. The summed E-state index contributed by atoms with van der Waals surface area (Å²) in [6, 6.07) is 0. The maximum atomic E-state index is 4.22. The molecule has 0 aliphatic rings. The van der Waals surface area contributed by atoms with Crippen LogP contribution in [0.5, 0.6) is 0 Å². The molecule has 2 heteroatoms. The van der Waals surface area contributed by atoms with E-state index >= 15 is 0 Å². The van der Waals surface area contributed by atoms with E-state index in [1.165, 1.54) is 0 Å². The van der Waals surface area contributed by atoms with Crippen LogP contribution in [0.15, 0.2) is 30.1 Å². The summed E-state index contributed by atoms with van der Waals surface area (Å²) in [4.78, 5) is 8.38. The Balaban J connectivity index is 3.04. The number of rotatable bonds is 2. The van der Waals surface area contributed by atoms with E-state index in [4.69, 9.17) is 0 Å². The van der Waals surface area contributed by atoms with E-state index in [0.29, 0.717) is 0 Å². The topological polar surface area (TPSA) is 25.8 Å². The summed E-state index contributed by atoms with van der Waals surface area (Å²) in [6.45, 7) is 9.82. The molecule has 1 rings (SSSR count). The van der Waals surface area contributed by atoms with Gasteiger partial charge in [-0.25, -0.2) is 0 Å². The van der Waals surface area contributed by atoms with Crippen LogP contribution >= 0.6 is 0 Å². The van der Waals surface area contributed by atoms with E-state index in [2.05, 4.69) is 16.5 Å². The zero-order valence-corrected chi connectivity index (χ0v) is 8.33. The van der Waals surface area contributed by atoms with Gasteiger partial charge < -0.3 is 0 Å². The van der Waals surface area contributed by atoms with Gasteiger partial charge in [-0.05, 0) is 32.4 Å². The van der Waals surface area contributed by atoms with Crippen molar-refractivity contribution in [2.24, 2.45) is 0 Å². The number of nitrogens with zero attached hydrogens (tertiary/aromatic N) is 2. The number of aromatic nitrogens is 2. The minimum absolute atomic E-state index is 0.919. The van der Waals surface area contributed by atoms with E-state index in [-0.39, 0.29) is 0 Å². The SMILES string of the molecule is C=C(C)/C(C)=C\c1nccnc1C. The molecule has 0 amide bonds. The van der Waals surface area contributed by atoms with Crippen LogP contribution in [0.25, 0.3) is 6.08 Å². The van der Waals surface area contributed by atoms with E-state index in [1.54, 1.807) is 12.4 Å². The summed E-state index contributed by atoms with van der Waals surface area (Å²) in [7, 11) is 0. The van der Waals surface area contributed by atoms with Gasteiger partial charge in [0.2, 0.25) is 0 Å². The van der Waals surface area contributed by atoms with Crippen LogP contribution in [-0.2, 0) is 0 Å². The number of allylic oxidation sites excluding steroid dienone is 2. The second-order valence-corrected chi connectivity index (χ2v) is 3.13. The lowest BCUT2D eigenvalue weighted by Gasteiger charge is -2.00. The second kappa shape index (κ2) is 3.99. The maximum absolute atomic E-state index is 4.22. The van der Waals surface area contributed by atoms with Crippen LogP contribution < -0.4 is 0 Å². The molecule has 0 fully saturated rings. The van der Waals surface area contributed by atoms with Crippen LogP contribution in [0.2, 0.25) is 0 Å². The van der Waals surface area contributed by atoms with Gasteiger partial charge in [0.1, 0.15) is 0 Å². The quantitative estimate of drug-likeness (QED) is 0.644. The van der Waals surface area contributed by atoms with Crippen molar-refractivity contribution in [2.75, 3.05) is 0 Å². The van der Waals surface area contributed by atoms with Crippen LogP contribution in [0, 0.1) is 6.92 Å². The van der Waals surface area contributed by atoms with Gasteiger partial charge in [0.15, 0.2) is 0 Å². The summed E-state index contributed by atoms with van der Waals surface area (Å²) >= 11 is 0. The van der Waals surface area contributed by atoms with Gasteiger partial charge >= 0.3 is 0 Å². The summed E-state index contributed by atoms with van der Waals surface area (Å²) < 4.78 is 0. The molecule has 1 aromatic heterocycles. The van der Waals surface area contributed by atoms with Crippen molar-refractivity contribution in [1.82, 2.24) is 9.97 Å². The average Bonchev–Trinajstić information content (AvgIpc) is 2.08. The Bertz CT molecular complexity index is 351. The van der Waals surface area contributed by atoms with Crippen molar-refractivity contribution < 1.29 is 0 Å². The minimum Gasteiger partial charge on any atom is -0.258 e. The van der Waals surface area contributed by atoms with Gasteiger partial charge in [0, 0.05) is 12.4 Å². The molecule has 1 heterocycles. The van der Waals surface area contributed by atoms with Crippen LogP contribution in [0.4, 0.5) is 0 Å². The van der Waals surface area contributed by atoms with Gasteiger partial charge in [0.25, 0.3) is 0 Å². The largest absolute Gasteiger partial charge is 0.258 e. The van der Waals surface area contributed by atoms with Crippen LogP contribution in [0.3, 0.4) is 0 Å². The molecule has 0 saturated carbocycles. The zero-order chi connectivity index (χ0) is 9.84. The smallest absolute Gasteiger partial charge is 0.0844 e. The maximum Gasteiger partial charge on any atom is 0.0844 e. The van der Waals surface area contributed by atoms with E-state index < -0.39 is 0 Å². The highest BCUT2D eigenvalue weighted by atomic mass is 14.8. The number of hydrogen-bond acceptors (Lipinski definition) is 2. The predicted molar refractivity (Wildman–Crippen MR) is 55.2 cm³/mol. The zero-order valence-electron chi connectivity index (χ0n) is 8.33. The standard InChI is InChI=1S/C11H14N2/c1-8(2)9(3)7-11-10(4)12-5-6-13-11/h5-7H,1H2,2-4H3/b9-7-. The monoisotopic (exact) mass is 174 g/mol. The fourth-order valence-corrected chi connectivity index (χ4v) is 0.888. The molecule has 0 unspecified atom stereocenters. The molecule has 2 nitrogen and oxygen atoms in total. The summed E-state index contributed by atoms with van der Waals surface area (Å²) in [6.07, 6.45) is 5.40. The average molecular weight is 174 g/mol. The first-order valence-corrected chi connectivity index (χ1v) is 4.23. The molecule has 0 atom stereocenters. The first-order chi connectivity index (χ1) is 6.11. The Kier molecular flexibility index (Phi) is 2.96. The number of aryl methyl sites for hydroxylation is 1. The lowest BCUT2D eigenvalue weighted by Crippen LogP contribution is -1.90. The summed E-state index contributed by atoms with van der Waals surface area (Å²) in [5.74, 6) is 0. The highest BCUT2D eigenvalue weighted by Gasteiger charge is 1.97. The summed E-state index contributed by atoms with van der Waals surface area (Å²) in [5, 5.41) is 0. The van der Waals surface area contributed by atoms with Crippen molar-refractivity contribution in [3.8, 4) is 0 Å². The first-order valence-electron chi connectivity index (χ1n) is 4.23. The van der Waals surface area contributed by atoms with Crippen molar-refractivity contribution in [2.45, 2.75) is 20.8 Å². The molecule has 13 heavy (non-hydrogen) atoms. The third-order valence-electron chi connectivity index (χ3n) is 1.95. The van der Waals surface area contributed by atoms with Crippen molar-refractivity contribution >= 4 is 6.08 Å². The fourth-order valence-electron chi connectivity index (χ4n) is 0.888.